The van der Waals surface area contributed by atoms with E-state index in [0.29, 0.717) is 17.2 Å². The van der Waals surface area contributed by atoms with E-state index >= 15 is 0 Å². The number of aliphatic hydroxyl groups excluding tert-OH is 1. The van der Waals surface area contributed by atoms with E-state index in [4.69, 9.17) is 19.8 Å². The number of nitriles is 1. The highest BCUT2D eigenvalue weighted by molar-refractivity contribution is 5.42. The van der Waals surface area contributed by atoms with Crippen molar-refractivity contribution in [1.29, 1.82) is 5.26 Å². The van der Waals surface area contributed by atoms with Gasteiger partial charge in [0.2, 0.25) is 5.82 Å². The summed E-state index contributed by atoms with van der Waals surface area (Å²) in [6.07, 6.45) is 2.94. The van der Waals surface area contributed by atoms with E-state index in [1.165, 1.54) is 12.4 Å². The Kier molecular flexibility index (Phi) is 5.34. The van der Waals surface area contributed by atoms with Gasteiger partial charge >= 0.3 is 0 Å². The van der Waals surface area contributed by atoms with Crippen molar-refractivity contribution in [3.8, 4) is 23.3 Å². The number of aromatic nitrogens is 2. The molecule has 3 rings (SSSR count). The molecule has 0 bridgehead atoms. The molecule has 0 fully saturated rings. The fourth-order valence-corrected chi connectivity index (χ4v) is 2.71. The van der Waals surface area contributed by atoms with E-state index in [2.05, 4.69) is 23.8 Å². The lowest BCUT2D eigenvalue weighted by molar-refractivity contribution is 0.0985. The van der Waals surface area contributed by atoms with Gasteiger partial charge < -0.3 is 14.6 Å². The predicted octanol–water partition coefficient (Wildman–Crippen LogP) is 3.80. The second kappa shape index (κ2) is 7.85. The smallest absolute Gasteiger partial charge is 0.232 e. The number of hydrogen-bond acceptors (Lipinski definition) is 6. The molecule has 0 spiro atoms. The average Bonchev–Trinajstić information content (AvgIpc) is 2.70. The summed E-state index contributed by atoms with van der Waals surface area (Å²) in [4.78, 5) is 7.77. The van der Waals surface area contributed by atoms with E-state index in [1.54, 1.807) is 0 Å². The Balaban J connectivity index is 1.75. The Morgan fingerprint density at radius 3 is 1.89 bits per heavy atom. The van der Waals surface area contributed by atoms with Crippen LogP contribution in [0.15, 0.2) is 60.9 Å². The van der Waals surface area contributed by atoms with Gasteiger partial charge in [0.1, 0.15) is 17.6 Å². The van der Waals surface area contributed by atoms with Crippen LogP contribution in [0.2, 0.25) is 0 Å². The minimum Gasteiger partial charge on any atom is -0.468 e. The molecule has 0 atom stereocenters. The van der Waals surface area contributed by atoms with Gasteiger partial charge in [0, 0.05) is 5.41 Å². The Hall–Kier alpha value is -3.43. The van der Waals surface area contributed by atoms with Gasteiger partial charge in [-0.3, -0.25) is 0 Å². The minimum absolute atomic E-state index is 0.106. The second-order valence-electron chi connectivity index (χ2n) is 6.40. The normalized spacial score (nSPS) is 10.9. The van der Waals surface area contributed by atoms with Crippen LogP contribution in [-0.2, 0) is 5.41 Å². The van der Waals surface area contributed by atoms with E-state index in [9.17, 15) is 0 Å². The first-order valence-electron chi connectivity index (χ1n) is 8.37. The Labute approximate surface area is 157 Å². The topological polar surface area (TPSA) is 88.3 Å². The summed E-state index contributed by atoms with van der Waals surface area (Å²) in [7, 11) is 0. The lowest BCUT2D eigenvalue weighted by Crippen LogP contribution is -2.18. The van der Waals surface area contributed by atoms with Crippen LogP contribution in [0.1, 0.15) is 30.8 Å². The van der Waals surface area contributed by atoms with E-state index in [-0.39, 0.29) is 18.0 Å². The highest BCUT2D eigenvalue weighted by Crippen LogP contribution is 2.33. The van der Waals surface area contributed by atoms with Gasteiger partial charge in [0.15, 0.2) is 12.5 Å². The molecular weight excluding hydrogens is 342 g/mol. The third-order valence-electron chi connectivity index (χ3n) is 4.35. The summed E-state index contributed by atoms with van der Waals surface area (Å²) in [5, 5.41) is 17.6. The molecule has 0 amide bonds. The molecule has 0 saturated heterocycles. The van der Waals surface area contributed by atoms with Gasteiger partial charge in [-0.2, -0.15) is 5.26 Å². The van der Waals surface area contributed by atoms with Gasteiger partial charge in [-0.05, 0) is 35.4 Å². The zero-order valence-corrected chi connectivity index (χ0v) is 15.1. The molecule has 0 aliphatic heterocycles. The Morgan fingerprint density at radius 1 is 0.889 bits per heavy atom. The third-order valence-corrected chi connectivity index (χ3v) is 4.35. The van der Waals surface area contributed by atoms with Crippen molar-refractivity contribution in [2.75, 3.05) is 6.79 Å². The lowest BCUT2D eigenvalue weighted by atomic mass is 9.78. The summed E-state index contributed by atoms with van der Waals surface area (Å²) >= 11 is 0. The van der Waals surface area contributed by atoms with Crippen molar-refractivity contribution in [3.63, 3.8) is 0 Å². The van der Waals surface area contributed by atoms with Crippen LogP contribution >= 0.6 is 0 Å². The third kappa shape index (κ3) is 4.22. The largest absolute Gasteiger partial charge is 0.468 e. The first-order valence-corrected chi connectivity index (χ1v) is 8.37. The maximum atomic E-state index is 8.83. The number of aliphatic hydroxyl groups is 1. The molecule has 0 aliphatic rings. The molecule has 0 aliphatic carbocycles. The minimum atomic E-state index is -0.339. The maximum Gasteiger partial charge on any atom is 0.232 e. The molecule has 0 radical (unpaired) electrons. The average molecular weight is 361 g/mol. The summed E-state index contributed by atoms with van der Waals surface area (Å²) < 4.78 is 10.8. The molecule has 6 nitrogen and oxygen atoms in total. The molecule has 2 aromatic carbocycles. The fourth-order valence-electron chi connectivity index (χ4n) is 2.71. The van der Waals surface area contributed by atoms with Crippen LogP contribution in [0.5, 0.6) is 17.2 Å². The second-order valence-corrected chi connectivity index (χ2v) is 6.40. The number of ether oxygens (including phenoxy) is 2. The lowest BCUT2D eigenvalue weighted by Gasteiger charge is -2.26. The van der Waals surface area contributed by atoms with Crippen molar-refractivity contribution in [3.05, 3.63) is 77.9 Å². The number of nitrogens with zero attached hydrogens (tertiary/aromatic N) is 3. The van der Waals surface area contributed by atoms with Crippen LogP contribution in [-0.4, -0.2) is 21.9 Å². The maximum absolute atomic E-state index is 8.83. The van der Waals surface area contributed by atoms with Gasteiger partial charge in [0.25, 0.3) is 0 Å². The highest BCUT2D eigenvalue weighted by atomic mass is 16.6. The van der Waals surface area contributed by atoms with Crippen molar-refractivity contribution >= 4 is 0 Å². The van der Waals surface area contributed by atoms with Crippen molar-refractivity contribution in [1.82, 2.24) is 9.97 Å². The molecule has 0 saturated carbocycles. The van der Waals surface area contributed by atoms with Crippen molar-refractivity contribution in [2.45, 2.75) is 19.3 Å². The number of rotatable bonds is 6. The van der Waals surface area contributed by atoms with Gasteiger partial charge in [0.05, 0.1) is 12.4 Å². The monoisotopic (exact) mass is 361 g/mol. The zero-order chi connectivity index (χ0) is 19.3. The molecular formula is C21H19N3O3. The zero-order valence-electron chi connectivity index (χ0n) is 15.1. The Bertz CT molecular complexity index is 928. The van der Waals surface area contributed by atoms with Gasteiger partial charge in [-0.15, -0.1) is 0 Å². The van der Waals surface area contributed by atoms with E-state index in [1.807, 2.05) is 54.6 Å². The summed E-state index contributed by atoms with van der Waals surface area (Å²) in [6, 6.07) is 17.3. The van der Waals surface area contributed by atoms with Crippen LogP contribution < -0.4 is 9.47 Å². The molecule has 27 heavy (non-hydrogen) atoms. The van der Waals surface area contributed by atoms with Crippen molar-refractivity contribution in [2.24, 2.45) is 0 Å². The van der Waals surface area contributed by atoms with E-state index < -0.39 is 0 Å². The molecule has 1 N–H and O–H groups in total. The summed E-state index contributed by atoms with van der Waals surface area (Å²) in [5.74, 6) is 1.87. The fraction of sp³-hybridized carbons (Fsp3) is 0.190. The Morgan fingerprint density at radius 2 is 1.41 bits per heavy atom. The molecule has 6 heteroatoms. The highest BCUT2D eigenvalue weighted by Gasteiger charge is 2.23. The SMILES string of the molecule is CC(C)(c1ccc(OCO)cc1)c1ccc(Oc2cnc(C#N)nc2)cc1. The summed E-state index contributed by atoms with van der Waals surface area (Å²) in [5.41, 5.74) is 2.04. The first-order chi connectivity index (χ1) is 13.0. The number of benzene rings is 2. The molecule has 3 aromatic rings. The first kappa shape index (κ1) is 18.4. The molecule has 0 unspecified atom stereocenters. The van der Waals surface area contributed by atoms with Crippen LogP contribution in [0.25, 0.3) is 0 Å². The van der Waals surface area contributed by atoms with Crippen LogP contribution in [0.4, 0.5) is 0 Å². The summed E-state index contributed by atoms with van der Waals surface area (Å²) in [6.45, 7) is 3.94. The van der Waals surface area contributed by atoms with Gasteiger partial charge in [-0.1, -0.05) is 38.1 Å². The van der Waals surface area contributed by atoms with Crippen LogP contribution in [0.3, 0.4) is 0 Å². The molecule has 1 aromatic heterocycles. The quantitative estimate of drug-likeness (QED) is 0.672. The van der Waals surface area contributed by atoms with E-state index in [0.717, 1.165) is 11.1 Å². The van der Waals surface area contributed by atoms with Crippen molar-refractivity contribution < 1.29 is 14.6 Å². The molecule has 1 heterocycles. The van der Waals surface area contributed by atoms with Crippen LogP contribution in [0, 0.1) is 11.3 Å². The molecule has 136 valence electrons. The van der Waals surface area contributed by atoms with Gasteiger partial charge in [-0.25, -0.2) is 9.97 Å². The predicted molar refractivity (Wildman–Crippen MR) is 99.5 cm³/mol. The number of hydrogen-bond donors (Lipinski definition) is 1. The standard InChI is InChI=1S/C21H19N3O3/c1-21(2,15-3-7-17(8-4-15)26-14-25)16-5-9-18(10-6-16)27-19-12-23-20(11-22)24-13-19/h3-10,12-13,25H,14H2,1-2H3.